The van der Waals surface area contributed by atoms with Crippen LogP contribution in [0, 0.1) is 5.92 Å². The van der Waals surface area contributed by atoms with E-state index in [2.05, 4.69) is 25.7 Å². The highest BCUT2D eigenvalue weighted by molar-refractivity contribution is 8.04. The van der Waals surface area contributed by atoms with Gasteiger partial charge in [0.05, 0.1) is 0 Å². The van der Waals surface area contributed by atoms with E-state index < -0.39 is 11.1 Å². The molecule has 0 saturated carbocycles. The Labute approximate surface area is 121 Å². The number of alkyl halides is 2. The maximum absolute atomic E-state index is 13.7. The number of allylic oxidation sites excluding steroid dienone is 3. The Morgan fingerprint density at radius 3 is 2.84 bits per heavy atom. The fourth-order valence-electron chi connectivity index (χ4n) is 1.47. The third-order valence-corrected chi connectivity index (χ3v) is 3.96. The smallest absolute Gasteiger partial charge is 0.268 e. The van der Waals surface area contributed by atoms with Crippen LogP contribution in [0.15, 0.2) is 35.0 Å². The largest absolute Gasteiger partial charge is 0.348 e. The van der Waals surface area contributed by atoms with Gasteiger partial charge in [-0.3, -0.25) is 4.44 Å². The minimum atomic E-state index is -3.52. The molecule has 0 fully saturated rings. The van der Waals surface area contributed by atoms with Crippen LogP contribution in [0.4, 0.5) is 13.2 Å². The summed E-state index contributed by atoms with van der Waals surface area (Å²) in [6, 6.07) is 0. The van der Waals surface area contributed by atoms with Gasteiger partial charge in [-0.15, -0.1) is 0 Å². The molecule has 0 aromatic rings. The molecule has 0 saturated heterocycles. The normalized spacial score (nSPS) is 21.5. The molecule has 0 radical (unpaired) electrons. The Hall–Kier alpha value is 0.180. The SMILES string of the molecule is CC1CC=CC(SC(F)(F)/C(F)=C/CN(P)P)=CC1. The monoisotopic (exact) mass is 327 g/mol. The van der Waals surface area contributed by atoms with E-state index in [4.69, 9.17) is 0 Å². The van der Waals surface area contributed by atoms with Gasteiger partial charge in [0.1, 0.15) is 0 Å². The molecule has 3 unspecified atom stereocenters. The number of rotatable bonds is 5. The molecule has 0 bridgehead atoms. The third-order valence-electron chi connectivity index (χ3n) is 2.55. The van der Waals surface area contributed by atoms with E-state index in [1.807, 2.05) is 6.08 Å². The minimum Gasteiger partial charge on any atom is -0.268 e. The Morgan fingerprint density at radius 2 is 2.21 bits per heavy atom. The van der Waals surface area contributed by atoms with Crippen molar-refractivity contribution in [3.8, 4) is 0 Å². The molecule has 1 aliphatic carbocycles. The third kappa shape index (κ3) is 6.44. The van der Waals surface area contributed by atoms with Gasteiger partial charge in [0.15, 0.2) is 5.83 Å². The number of nitrogens with zero attached hydrogens (tertiary/aromatic N) is 1. The Bertz CT molecular complexity index is 394. The highest BCUT2D eigenvalue weighted by Crippen LogP contribution is 2.43. The lowest BCUT2D eigenvalue weighted by Crippen LogP contribution is -2.13. The summed E-state index contributed by atoms with van der Waals surface area (Å²) in [6.45, 7) is 2.14. The molecule has 7 heteroatoms. The zero-order valence-electron chi connectivity index (χ0n) is 10.7. The summed E-state index contributed by atoms with van der Waals surface area (Å²) in [4.78, 5) is 0.423. The van der Waals surface area contributed by atoms with E-state index >= 15 is 0 Å². The van der Waals surface area contributed by atoms with Crippen LogP contribution in [0.1, 0.15) is 19.8 Å². The highest BCUT2D eigenvalue weighted by Gasteiger charge is 2.36. The number of hydrogen-bond donors (Lipinski definition) is 0. The summed E-state index contributed by atoms with van der Waals surface area (Å²) >= 11 is 0.264. The Kier molecular flexibility index (Phi) is 7.10. The number of thioether (sulfide) groups is 1. The van der Waals surface area contributed by atoms with Crippen molar-refractivity contribution in [3.05, 3.63) is 35.0 Å². The van der Waals surface area contributed by atoms with Crippen LogP contribution in [0.5, 0.6) is 0 Å². The maximum atomic E-state index is 13.7. The lowest BCUT2D eigenvalue weighted by molar-refractivity contribution is 0.119. The van der Waals surface area contributed by atoms with Gasteiger partial charge in [-0.1, -0.05) is 43.9 Å². The highest BCUT2D eigenvalue weighted by atomic mass is 32.2. The first-order valence-corrected chi connectivity index (χ1v) is 7.73. The van der Waals surface area contributed by atoms with Gasteiger partial charge in [0.25, 0.3) is 0 Å². The van der Waals surface area contributed by atoms with Crippen molar-refractivity contribution in [2.45, 2.75) is 25.0 Å². The van der Waals surface area contributed by atoms with Crippen molar-refractivity contribution in [2.24, 2.45) is 5.92 Å². The van der Waals surface area contributed by atoms with E-state index in [1.54, 1.807) is 12.2 Å². The van der Waals surface area contributed by atoms with Gasteiger partial charge in [0.2, 0.25) is 0 Å². The quantitative estimate of drug-likeness (QED) is 0.660. The fourth-order valence-corrected chi connectivity index (χ4v) is 2.51. The second-order valence-electron chi connectivity index (χ2n) is 4.45. The summed E-state index contributed by atoms with van der Waals surface area (Å²) < 4.78 is 42.3. The molecule has 1 rings (SSSR count). The van der Waals surface area contributed by atoms with Gasteiger partial charge in [-0.25, -0.2) is 4.39 Å². The van der Waals surface area contributed by atoms with Crippen LogP contribution in [0.2, 0.25) is 0 Å². The standard InChI is InChI=1S/C12H18F3NP2S/c1-9-3-2-4-10(6-5-9)19-12(14,15)11(13)7-8-16(17)18/h2,4,6-7,9H,3,5,8,17-18H2,1H3/b11-7-. The zero-order valence-corrected chi connectivity index (χ0v) is 13.8. The predicted molar refractivity (Wildman–Crippen MR) is 83.5 cm³/mol. The molecule has 1 aliphatic rings. The molecule has 0 spiro atoms. The van der Waals surface area contributed by atoms with Gasteiger partial charge >= 0.3 is 5.25 Å². The first-order valence-electron chi connectivity index (χ1n) is 5.88. The second-order valence-corrected chi connectivity index (χ2v) is 7.56. The topological polar surface area (TPSA) is 3.24 Å². The molecule has 3 atom stereocenters. The molecule has 19 heavy (non-hydrogen) atoms. The number of halogens is 3. The molecule has 0 N–H and O–H groups in total. The Balaban J connectivity index is 2.70. The fraction of sp³-hybridized carbons (Fsp3) is 0.500. The summed E-state index contributed by atoms with van der Waals surface area (Å²) in [5.41, 5.74) is 0. The molecule has 0 aliphatic heterocycles. The average Bonchev–Trinajstić information content (AvgIpc) is 2.50. The van der Waals surface area contributed by atoms with E-state index in [-0.39, 0.29) is 18.3 Å². The van der Waals surface area contributed by atoms with Crippen molar-refractivity contribution in [2.75, 3.05) is 6.54 Å². The van der Waals surface area contributed by atoms with Crippen LogP contribution in [-0.2, 0) is 0 Å². The Morgan fingerprint density at radius 1 is 1.53 bits per heavy atom. The average molecular weight is 327 g/mol. The summed E-state index contributed by atoms with van der Waals surface area (Å²) in [5.74, 6) is -0.967. The maximum Gasteiger partial charge on any atom is 0.348 e. The van der Waals surface area contributed by atoms with E-state index in [0.29, 0.717) is 10.8 Å². The number of hydrogen-bond acceptors (Lipinski definition) is 2. The van der Waals surface area contributed by atoms with Crippen LogP contribution in [0.3, 0.4) is 0 Å². The second kappa shape index (κ2) is 7.83. The molecule has 0 heterocycles. The summed E-state index contributed by atoms with van der Waals surface area (Å²) in [7, 11) is 4.51. The molecular weight excluding hydrogens is 309 g/mol. The molecule has 0 amide bonds. The molecular formula is C12H18F3NP2S. The van der Waals surface area contributed by atoms with Gasteiger partial charge in [-0.05, 0) is 36.6 Å². The van der Waals surface area contributed by atoms with Crippen molar-refractivity contribution in [3.63, 3.8) is 0 Å². The summed E-state index contributed by atoms with van der Waals surface area (Å²) in [5, 5.41) is -3.52. The van der Waals surface area contributed by atoms with Crippen LogP contribution < -0.4 is 0 Å². The van der Waals surface area contributed by atoms with Crippen LogP contribution >= 0.6 is 30.5 Å². The molecule has 1 nitrogen and oxygen atoms in total. The van der Waals surface area contributed by atoms with E-state index in [9.17, 15) is 13.2 Å². The first-order chi connectivity index (χ1) is 8.81. The van der Waals surface area contributed by atoms with Gasteiger partial charge in [0, 0.05) is 11.4 Å². The van der Waals surface area contributed by atoms with E-state index in [1.165, 1.54) is 4.44 Å². The first kappa shape index (κ1) is 17.2. The van der Waals surface area contributed by atoms with Gasteiger partial charge < -0.3 is 0 Å². The molecule has 0 aromatic carbocycles. The van der Waals surface area contributed by atoms with Crippen LogP contribution in [0.25, 0.3) is 0 Å². The molecule has 0 aromatic heterocycles. The van der Waals surface area contributed by atoms with Crippen molar-refractivity contribution in [1.29, 1.82) is 0 Å². The van der Waals surface area contributed by atoms with Gasteiger partial charge in [-0.2, -0.15) is 8.78 Å². The summed E-state index contributed by atoms with van der Waals surface area (Å²) in [6.07, 6.45) is 7.74. The van der Waals surface area contributed by atoms with Crippen molar-refractivity contribution in [1.82, 2.24) is 4.44 Å². The lowest BCUT2D eigenvalue weighted by atomic mass is 10.1. The minimum absolute atomic E-state index is 0.0865. The zero-order chi connectivity index (χ0) is 14.5. The van der Waals surface area contributed by atoms with Crippen molar-refractivity contribution < 1.29 is 13.2 Å². The predicted octanol–water partition coefficient (Wildman–Crippen LogP) is 4.92. The van der Waals surface area contributed by atoms with Crippen molar-refractivity contribution >= 4 is 30.5 Å². The molecule has 108 valence electrons. The lowest BCUT2D eigenvalue weighted by Gasteiger charge is -2.15. The van der Waals surface area contributed by atoms with E-state index in [0.717, 1.165) is 18.9 Å². The van der Waals surface area contributed by atoms with Crippen LogP contribution in [-0.4, -0.2) is 16.2 Å².